The predicted octanol–water partition coefficient (Wildman–Crippen LogP) is 3.46. The Morgan fingerprint density at radius 3 is 2.53 bits per heavy atom. The summed E-state index contributed by atoms with van der Waals surface area (Å²) < 4.78 is 42.4. The number of fused-ring (bicyclic) bond motifs is 1. The number of benzene rings is 1. The molecule has 0 fully saturated rings. The number of rotatable bonds is 1. The number of alkyl halides is 3. The van der Waals surface area contributed by atoms with Gasteiger partial charge in [-0.25, -0.2) is 4.79 Å². The summed E-state index contributed by atoms with van der Waals surface area (Å²) in [5.74, 6) is -1.63. The molecule has 0 aliphatic rings. The number of carboxylic acids is 1. The van der Waals surface area contributed by atoms with Crippen molar-refractivity contribution in [1.82, 2.24) is 0 Å². The van der Waals surface area contributed by atoms with E-state index in [9.17, 15) is 18.0 Å². The van der Waals surface area contributed by atoms with E-state index in [4.69, 9.17) is 9.52 Å². The van der Waals surface area contributed by atoms with E-state index in [2.05, 4.69) is 0 Å². The number of furan rings is 1. The third-order valence-electron chi connectivity index (χ3n) is 2.46. The zero-order valence-corrected chi connectivity index (χ0v) is 8.63. The topological polar surface area (TPSA) is 50.4 Å². The molecule has 0 aliphatic heterocycles. The minimum Gasteiger partial charge on any atom is -0.475 e. The van der Waals surface area contributed by atoms with Crippen LogP contribution in [0.2, 0.25) is 0 Å². The molecule has 1 N–H and O–H groups in total. The Morgan fingerprint density at radius 2 is 2.00 bits per heavy atom. The number of aryl methyl sites for hydroxylation is 1. The van der Waals surface area contributed by atoms with Crippen molar-refractivity contribution in [2.24, 2.45) is 0 Å². The van der Waals surface area contributed by atoms with Crippen LogP contribution >= 0.6 is 0 Å². The number of hydrogen-bond acceptors (Lipinski definition) is 2. The molecule has 0 saturated heterocycles. The fourth-order valence-electron chi connectivity index (χ4n) is 1.60. The normalized spacial score (nSPS) is 12.0. The first-order valence-corrected chi connectivity index (χ1v) is 4.64. The Bertz CT molecular complexity index is 596. The monoisotopic (exact) mass is 244 g/mol. The van der Waals surface area contributed by atoms with E-state index in [-0.39, 0.29) is 22.3 Å². The van der Waals surface area contributed by atoms with Crippen molar-refractivity contribution in [3.05, 3.63) is 35.1 Å². The molecule has 90 valence electrons. The standard InChI is InChI=1S/C11H7F3O3/c1-5-7-4-6(11(12,13)14)2-3-8(7)17-9(5)10(15)16/h2-4H,1H3,(H,15,16). The minimum atomic E-state index is -4.46. The molecule has 0 unspecified atom stereocenters. The second-order valence-corrected chi connectivity index (χ2v) is 3.57. The number of aromatic carboxylic acids is 1. The summed E-state index contributed by atoms with van der Waals surface area (Å²) in [5.41, 5.74) is -0.502. The summed E-state index contributed by atoms with van der Waals surface area (Å²) in [6.07, 6.45) is -4.46. The van der Waals surface area contributed by atoms with Crippen LogP contribution in [0.5, 0.6) is 0 Å². The summed E-state index contributed by atoms with van der Waals surface area (Å²) in [5, 5.41) is 8.94. The lowest BCUT2D eigenvalue weighted by Crippen LogP contribution is -2.04. The first-order valence-electron chi connectivity index (χ1n) is 4.64. The smallest absolute Gasteiger partial charge is 0.416 e. The van der Waals surface area contributed by atoms with E-state index in [1.165, 1.54) is 6.92 Å². The zero-order valence-electron chi connectivity index (χ0n) is 8.63. The molecule has 0 radical (unpaired) electrons. The van der Waals surface area contributed by atoms with Gasteiger partial charge in [-0.15, -0.1) is 0 Å². The van der Waals surface area contributed by atoms with Crippen molar-refractivity contribution in [1.29, 1.82) is 0 Å². The maximum absolute atomic E-state index is 12.5. The molecule has 1 heterocycles. The summed E-state index contributed by atoms with van der Waals surface area (Å²) in [4.78, 5) is 10.8. The van der Waals surface area contributed by atoms with E-state index in [1.807, 2.05) is 0 Å². The molecule has 0 bridgehead atoms. The fraction of sp³-hybridized carbons (Fsp3) is 0.182. The van der Waals surface area contributed by atoms with Crippen molar-refractivity contribution in [3.8, 4) is 0 Å². The van der Waals surface area contributed by atoms with Gasteiger partial charge in [0.2, 0.25) is 5.76 Å². The summed E-state index contributed by atoms with van der Waals surface area (Å²) in [7, 11) is 0. The van der Waals surface area contributed by atoms with Gasteiger partial charge < -0.3 is 9.52 Å². The van der Waals surface area contributed by atoms with Gasteiger partial charge in [-0.2, -0.15) is 13.2 Å². The lowest BCUT2D eigenvalue weighted by molar-refractivity contribution is -0.137. The average Bonchev–Trinajstić information content (AvgIpc) is 2.54. The van der Waals surface area contributed by atoms with Crippen molar-refractivity contribution < 1.29 is 27.5 Å². The molecule has 0 aliphatic carbocycles. The third kappa shape index (κ3) is 1.86. The van der Waals surface area contributed by atoms with Crippen LogP contribution in [0.25, 0.3) is 11.0 Å². The Morgan fingerprint density at radius 1 is 1.35 bits per heavy atom. The van der Waals surface area contributed by atoms with E-state index in [0.717, 1.165) is 18.2 Å². The highest BCUT2D eigenvalue weighted by molar-refractivity contribution is 5.95. The molecule has 0 atom stereocenters. The number of hydrogen-bond donors (Lipinski definition) is 1. The lowest BCUT2D eigenvalue weighted by atomic mass is 10.1. The Labute approximate surface area is 93.5 Å². The highest BCUT2D eigenvalue weighted by atomic mass is 19.4. The Hall–Kier alpha value is -1.98. The molecule has 2 rings (SSSR count). The molecule has 3 nitrogen and oxygen atoms in total. The van der Waals surface area contributed by atoms with Crippen LogP contribution in [0.4, 0.5) is 13.2 Å². The van der Waals surface area contributed by atoms with Gasteiger partial charge in [0, 0.05) is 10.9 Å². The maximum Gasteiger partial charge on any atom is 0.416 e. The van der Waals surface area contributed by atoms with Crippen LogP contribution in [-0.4, -0.2) is 11.1 Å². The number of halogens is 3. The highest BCUT2D eigenvalue weighted by Gasteiger charge is 2.31. The van der Waals surface area contributed by atoms with Gasteiger partial charge in [0.1, 0.15) is 5.58 Å². The highest BCUT2D eigenvalue weighted by Crippen LogP contribution is 2.34. The van der Waals surface area contributed by atoms with Gasteiger partial charge >= 0.3 is 12.1 Å². The molecule has 6 heteroatoms. The molecule has 17 heavy (non-hydrogen) atoms. The third-order valence-corrected chi connectivity index (χ3v) is 2.46. The van der Waals surface area contributed by atoms with Crippen molar-refractivity contribution in [2.75, 3.05) is 0 Å². The average molecular weight is 244 g/mol. The minimum absolute atomic E-state index is 0.132. The first kappa shape index (κ1) is 11.5. The van der Waals surface area contributed by atoms with E-state index in [0.29, 0.717) is 0 Å². The van der Waals surface area contributed by atoms with Crippen LogP contribution in [0, 0.1) is 6.92 Å². The summed E-state index contributed by atoms with van der Waals surface area (Å²) in [6, 6.07) is 2.87. The SMILES string of the molecule is Cc1c(C(=O)O)oc2ccc(C(F)(F)F)cc12. The zero-order chi connectivity index (χ0) is 12.8. The molecule has 2 aromatic rings. The van der Waals surface area contributed by atoms with Crippen molar-refractivity contribution in [3.63, 3.8) is 0 Å². The first-order chi connectivity index (χ1) is 7.80. The molecular weight excluding hydrogens is 237 g/mol. The van der Waals surface area contributed by atoms with Gasteiger partial charge in [-0.3, -0.25) is 0 Å². The van der Waals surface area contributed by atoms with Crippen LogP contribution in [0.15, 0.2) is 22.6 Å². The van der Waals surface area contributed by atoms with E-state index < -0.39 is 17.7 Å². The van der Waals surface area contributed by atoms with Crippen molar-refractivity contribution >= 4 is 16.9 Å². The molecule has 0 saturated carbocycles. The van der Waals surface area contributed by atoms with Crippen LogP contribution in [0.1, 0.15) is 21.7 Å². The van der Waals surface area contributed by atoms with Crippen LogP contribution in [0.3, 0.4) is 0 Å². The van der Waals surface area contributed by atoms with E-state index in [1.54, 1.807) is 0 Å². The quantitative estimate of drug-likeness (QED) is 0.835. The van der Waals surface area contributed by atoms with Gasteiger partial charge in [-0.05, 0) is 25.1 Å². The predicted molar refractivity (Wildman–Crippen MR) is 52.9 cm³/mol. The second-order valence-electron chi connectivity index (χ2n) is 3.57. The molecule has 0 spiro atoms. The van der Waals surface area contributed by atoms with Gasteiger partial charge in [-0.1, -0.05) is 0 Å². The van der Waals surface area contributed by atoms with E-state index >= 15 is 0 Å². The Kier molecular flexibility index (Phi) is 2.38. The van der Waals surface area contributed by atoms with Gasteiger partial charge in [0.05, 0.1) is 5.56 Å². The number of carbonyl (C=O) groups is 1. The second kappa shape index (κ2) is 3.51. The lowest BCUT2D eigenvalue weighted by Gasteiger charge is -2.05. The molecule has 0 amide bonds. The van der Waals surface area contributed by atoms with Gasteiger partial charge in [0.15, 0.2) is 0 Å². The van der Waals surface area contributed by atoms with Gasteiger partial charge in [0.25, 0.3) is 0 Å². The van der Waals surface area contributed by atoms with Crippen molar-refractivity contribution in [2.45, 2.75) is 13.1 Å². The Balaban J connectivity index is 2.70. The fourth-order valence-corrected chi connectivity index (χ4v) is 1.60. The number of carboxylic acid groups (broad SMARTS) is 1. The molecule has 1 aromatic heterocycles. The van der Waals surface area contributed by atoms with Crippen LogP contribution < -0.4 is 0 Å². The summed E-state index contributed by atoms with van der Waals surface area (Å²) >= 11 is 0. The molecule has 1 aromatic carbocycles. The van der Waals surface area contributed by atoms with Crippen LogP contribution in [-0.2, 0) is 6.18 Å². The largest absolute Gasteiger partial charge is 0.475 e. The maximum atomic E-state index is 12.5. The molecular formula is C11H7F3O3. The summed E-state index contributed by atoms with van der Waals surface area (Å²) in [6.45, 7) is 1.41.